The lowest BCUT2D eigenvalue weighted by molar-refractivity contribution is -0.128. The summed E-state index contributed by atoms with van der Waals surface area (Å²) in [6.45, 7) is 4.60. The molecule has 1 amide bonds. The Morgan fingerprint density at radius 3 is 2.69 bits per heavy atom. The number of nitrogens with one attached hydrogen (secondary N) is 1. The fraction of sp³-hybridized carbons (Fsp3) is 0.344. The van der Waals surface area contributed by atoms with Crippen LogP contribution >= 0.6 is 0 Å². The highest BCUT2D eigenvalue weighted by Crippen LogP contribution is 2.37. The Hall–Kier alpha value is -4.96. The van der Waals surface area contributed by atoms with E-state index < -0.39 is 23.0 Å². The van der Waals surface area contributed by atoms with Gasteiger partial charge in [-0.25, -0.2) is 23.4 Å². The van der Waals surface area contributed by atoms with Gasteiger partial charge in [-0.05, 0) is 69.9 Å². The molecule has 1 aliphatic heterocycles. The molecule has 10 nitrogen and oxygen atoms in total. The number of nitrogens with zero attached hydrogens (tertiary/aromatic N) is 6. The van der Waals surface area contributed by atoms with Crippen LogP contribution in [0.15, 0.2) is 54.4 Å². The molecule has 0 bridgehead atoms. The molecule has 0 spiro atoms. The van der Waals surface area contributed by atoms with Gasteiger partial charge >= 0.3 is 0 Å². The molecule has 232 valence electrons. The van der Waals surface area contributed by atoms with Crippen LogP contribution in [-0.2, 0) is 4.79 Å². The first kappa shape index (κ1) is 30.1. The van der Waals surface area contributed by atoms with Gasteiger partial charge in [0, 0.05) is 36.3 Å². The lowest BCUT2D eigenvalue weighted by atomic mass is 9.99. The van der Waals surface area contributed by atoms with E-state index in [-0.39, 0.29) is 52.6 Å². The second kappa shape index (κ2) is 11.9. The number of halogens is 3. The molecule has 1 atom stereocenters. The van der Waals surface area contributed by atoms with E-state index in [0.29, 0.717) is 36.5 Å². The summed E-state index contributed by atoms with van der Waals surface area (Å²) in [5, 5.41) is 18.4. The van der Waals surface area contributed by atoms with E-state index in [0.717, 1.165) is 25.0 Å². The lowest BCUT2D eigenvalue weighted by Crippen LogP contribution is -2.43. The predicted molar refractivity (Wildman–Crippen MR) is 160 cm³/mol. The number of piperidine rings is 1. The van der Waals surface area contributed by atoms with E-state index in [9.17, 15) is 18.8 Å². The normalized spacial score (nSPS) is 17.4. The Balaban J connectivity index is 1.29. The minimum atomic E-state index is -1.19. The summed E-state index contributed by atoms with van der Waals surface area (Å²) in [5.41, 5.74) is 6.39. The van der Waals surface area contributed by atoms with E-state index in [1.54, 1.807) is 15.7 Å². The van der Waals surface area contributed by atoms with E-state index in [2.05, 4.69) is 21.4 Å². The number of aromatic nitrogens is 4. The first-order valence-electron chi connectivity index (χ1n) is 14.6. The van der Waals surface area contributed by atoms with Crippen LogP contribution in [0.4, 0.5) is 19.0 Å². The number of carbonyl (C=O) groups excluding carboxylic acids is 1. The Kier molecular flexibility index (Phi) is 7.92. The monoisotopic (exact) mass is 616 g/mol. The quantitative estimate of drug-likeness (QED) is 0.198. The van der Waals surface area contributed by atoms with Crippen molar-refractivity contribution in [2.24, 2.45) is 0 Å². The fourth-order valence-electron chi connectivity index (χ4n) is 5.69. The summed E-state index contributed by atoms with van der Waals surface area (Å²) in [6.07, 6.45) is 6.42. The van der Waals surface area contributed by atoms with Crippen molar-refractivity contribution in [3.8, 4) is 28.8 Å². The second-order valence-electron chi connectivity index (χ2n) is 11.9. The summed E-state index contributed by atoms with van der Waals surface area (Å²) in [7, 11) is 0. The number of likely N-dealkylation sites (tertiary alicyclic amines) is 1. The average molecular weight is 617 g/mol. The minimum absolute atomic E-state index is 0.0491. The largest absolute Gasteiger partial charge is 0.454 e. The standard InChI is InChI=1S/C32H31F3N8O2/c1-32(2,40-19-8-9-19)14-18(15-36)31(44)42-12-4-5-20(16-42)43-30-26(29(37)38-17-39-30)28(41-43)22-11-10-21(13-24(22)34)45-25-7-3-6-23(33)27(25)35/h3,6-7,10-11,13-14,17,19-20,40H,4-5,8-9,12,16H2,1-2H3,(H2,37,38,39)/b18-14-/t20-/m1/s1. The molecular formula is C32H31F3N8O2. The van der Waals surface area contributed by atoms with Crippen molar-refractivity contribution in [3.05, 3.63) is 71.8 Å². The van der Waals surface area contributed by atoms with Crippen molar-refractivity contribution in [1.82, 2.24) is 30.0 Å². The zero-order valence-corrected chi connectivity index (χ0v) is 24.7. The molecule has 2 aromatic heterocycles. The molecule has 3 N–H and O–H groups in total. The fourth-order valence-corrected chi connectivity index (χ4v) is 5.69. The molecule has 3 heterocycles. The van der Waals surface area contributed by atoms with Gasteiger partial charge in [-0.3, -0.25) is 4.79 Å². The van der Waals surface area contributed by atoms with Crippen LogP contribution in [0.25, 0.3) is 22.3 Å². The van der Waals surface area contributed by atoms with Gasteiger partial charge in [0.05, 0.1) is 11.4 Å². The van der Waals surface area contributed by atoms with Gasteiger partial charge in [-0.15, -0.1) is 0 Å². The highest BCUT2D eigenvalue weighted by molar-refractivity contribution is 5.99. The maximum absolute atomic E-state index is 15.6. The van der Waals surface area contributed by atoms with Gasteiger partial charge in [0.1, 0.15) is 41.0 Å². The number of nitriles is 1. The van der Waals surface area contributed by atoms with Crippen molar-refractivity contribution < 1.29 is 22.7 Å². The second-order valence-corrected chi connectivity index (χ2v) is 11.9. The summed E-state index contributed by atoms with van der Waals surface area (Å²) < 4.78 is 50.3. The maximum atomic E-state index is 15.6. The van der Waals surface area contributed by atoms with Crippen LogP contribution in [0.2, 0.25) is 0 Å². The molecule has 1 aliphatic carbocycles. The number of benzene rings is 2. The Morgan fingerprint density at radius 2 is 1.96 bits per heavy atom. The van der Waals surface area contributed by atoms with Gasteiger partial charge < -0.3 is 20.7 Å². The number of fused-ring (bicyclic) bond motifs is 1. The van der Waals surface area contributed by atoms with Crippen molar-refractivity contribution in [2.45, 2.75) is 57.2 Å². The molecule has 45 heavy (non-hydrogen) atoms. The molecule has 2 aromatic carbocycles. The number of anilines is 1. The Labute approximate surface area is 257 Å². The van der Waals surface area contributed by atoms with Gasteiger partial charge in [0.15, 0.2) is 17.2 Å². The van der Waals surface area contributed by atoms with Gasteiger partial charge in [-0.1, -0.05) is 6.07 Å². The third-order valence-corrected chi connectivity index (χ3v) is 7.90. The van der Waals surface area contributed by atoms with Crippen LogP contribution in [0.1, 0.15) is 45.6 Å². The molecule has 0 unspecified atom stereocenters. The highest BCUT2D eigenvalue weighted by atomic mass is 19.2. The number of rotatable bonds is 8. The average Bonchev–Trinajstić information content (AvgIpc) is 3.73. The minimum Gasteiger partial charge on any atom is -0.454 e. The lowest BCUT2D eigenvalue weighted by Gasteiger charge is -2.33. The maximum Gasteiger partial charge on any atom is 0.264 e. The van der Waals surface area contributed by atoms with Crippen molar-refractivity contribution in [3.63, 3.8) is 0 Å². The van der Waals surface area contributed by atoms with Crippen molar-refractivity contribution >= 4 is 22.8 Å². The molecular weight excluding hydrogens is 585 g/mol. The van der Waals surface area contributed by atoms with Crippen molar-refractivity contribution in [1.29, 1.82) is 5.26 Å². The molecule has 0 radical (unpaired) electrons. The first-order chi connectivity index (χ1) is 21.5. The zero-order valence-electron chi connectivity index (χ0n) is 24.7. The molecule has 2 aliphatic rings. The molecule has 1 saturated heterocycles. The van der Waals surface area contributed by atoms with Crippen LogP contribution in [0, 0.1) is 28.8 Å². The first-order valence-corrected chi connectivity index (χ1v) is 14.6. The molecule has 1 saturated carbocycles. The van der Waals surface area contributed by atoms with Gasteiger partial charge in [0.25, 0.3) is 5.91 Å². The predicted octanol–water partition coefficient (Wildman–Crippen LogP) is 5.43. The number of amides is 1. The smallest absolute Gasteiger partial charge is 0.264 e. The summed E-state index contributed by atoms with van der Waals surface area (Å²) in [4.78, 5) is 23.6. The number of carbonyl (C=O) groups is 1. The number of hydrogen-bond donors (Lipinski definition) is 2. The number of hydrogen-bond acceptors (Lipinski definition) is 8. The molecule has 2 fully saturated rings. The topological polar surface area (TPSA) is 135 Å². The number of ether oxygens (including phenoxy) is 1. The summed E-state index contributed by atoms with van der Waals surface area (Å²) >= 11 is 0. The van der Waals surface area contributed by atoms with E-state index in [4.69, 9.17) is 15.6 Å². The van der Waals surface area contributed by atoms with Crippen LogP contribution in [0.5, 0.6) is 11.5 Å². The molecule has 13 heteroatoms. The number of nitrogen functional groups attached to an aromatic ring is 1. The van der Waals surface area contributed by atoms with Crippen molar-refractivity contribution in [2.75, 3.05) is 18.8 Å². The van der Waals surface area contributed by atoms with Crippen LogP contribution < -0.4 is 15.8 Å². The molecule has 4 aromatic rings. The van der Waals surface area contributed by atoms with Gasteiger partial charge in [-0.2, -0.15) is 14.8 Å². The third-order valence-electron chi connectivity index (χ3n) is 7.90. The van der Waals surface area contributed by atoms with E-state index in [1.165, 1.54) is 30.6 Å². The highest BCUT2D eigenvalue weighted by Gasteiger charge is 2.33. The van der Waals surface area contributed by atoms with Crippen LogP contribution in [-0.4, -0.2) is 55.2 Å². The van der Waals surface area contributed by atoms with E-state index in [1.807, 2.05) is 13.8 Å². The van der Waals surface area contributed by atoms with Crippen LogP contribution in [0.3, 0.4) is 0 Å². The van der Waals surface area contributed by atoms with Gasteiger partial charge in [0.2, 0.25) is 5.82 Å². The SMILES string of the molecule is CC(C)(/C=C(/C#N)C(=O)N1CCC[C@@H](n2nc(-c3ccc(Oc4cccc(F)c4F)cc3F)c3c(N)ncnc32)C1)NC1CC1. The summed E-state index contributed by atoms with van der Waals surface area (Å²) in [6, 6.07) is 9.45. The summed E-state index contributed by atoms with van der Waals surface area (Å²) in [5.74, 6) is -3.73. The third kappa shape index (κ3) is 6.19. The van der Waals surface area contributed by atoms with E-state index >= 15 is 4.39 Å². The Morgan fingerprint density at radius 1 is 1.16 bits per heavy atom. The number of nitrogens with two attached hydrogens (primary N) is 1. The Bertz CT molecular complexity index is 1860. The zero-order chi connectivity index (χ0) is 31.9. The molecule has 6 rings (SSSR count).